The summed E-state index contributed by atoms with van der Waals surface area (Å²) in [6, 6.07) is 0. The molecule has 0 spiro atoms. The fourth-order valence-corrected chi connectivity index (χ4v) is 0.798. The number of aliphatic carboxylic acids is 1. The Labute approximate surface area is 77.8 Å². The zero-order valence-corrected chi connectivity index (χ0v) is 7.86. The number of carboxylic acids is 1. The first-order chi connectivity index (χ1) is 6.22. The summed E-state index contributed by atoms with van der Waals surface area (Å²) in [4.78, 5) is 10.5. The van der Waals surface area contributed by atoms with Crippen molar-refractivity contribution in [2.75, 3.05) is 26.4 Å². The van der Waals surface area contributed by atoms with E-state index in [-0.39, 0.29) is 0 Å². The molecule has 0 saturated heterocycles. The highest BCUT2D eigenvalue weighted by atomic mass is 16.5. The van der Waals surface area contributed by atoms with Crippen molar-refractivity contribution >= 4 is 5.97 Å². The molecule has 5 nitrogen and oxygen atoms in total. The second-order valence-electron chi connectivity index (χ2n) is 2.51. The highest BCUT2D eigenvalue weighted by Gasteiger charge is 2.14. The van der Waals surface area contributed by atoms with Gasteiger partial charge in [-0.25, -0.2) is 4.79 Å². The van der Waals surface area contributed by atoms with Crippen molar-refractivity contribution in [3.63, 3.8) is 0 Å². The van der Waals surface area contributed by atoms with Crippen LogP contribution in [0.3, 0.4) is 0 Å². The highest BCUT2D eigenvalue weighted by molar-refractivity contribution is 5.72. The van der Waals surface area contributed by atoms with Gasteiger partial charge in [0.05, 0.1) is 19.8 Å². The zero-order valence-electron chi connectivity index (χ0n) is 7.86. The van der Waals surface area contributed by atoms with Crippen LogP contribution < -0.4 is 5.73 Å². The van der Waals surface area contributed by atoms with Gasteiger partial charge in [-0.2, -0.15) is 0 Å². The minimum Gasteiger partial charge on any atom is -0.479 e. The fraction of sp³-hybridized carbons (Fsp3) is 0.875. The summed E-state index contributed by atoms with van der Waals surface area (Å²) in [5.74, 6) is -0.929. The van der Waals surface area contributed by atoms with Crippen LogP contribution in [0.5, 0.6) is 0 Å². The van der Waals surface area contributed by atoms with Gasteiger partial charge in [-0.05, 0) is 6.42 Å². The van der Waals surface area contributed by atoms with E-state index in [0.717, 1.165) is 0 Å². The first-order valence-electron chi connectivity index (χ1n) is 4.34. The number of ether oxygens (including phenoxy) is 2. The van der Waals surface area contributed by atoms with Crippen LogP contribution in [0.1, 0.15) is 13.3 Å². The van der Waals surface area contributed by atoms with Crippen LogP contribution in [0.2, 0.25) is 0 Å². The molecule has 0 aromatic heterocycles. The van der Waals surface area contributed by atoms with E-state index in [4.69, 9.17) is 20.3 Å². The topological polar surface area (TPSA) is 81.8 Å². The SMILES string of the molecule is CCC(OCCOCCN)C(=O)O. The van der Waals surface area contributed by atoms with Crippen molar-refractivity contribution in [3.8, 4) is 0 Å². The minimum atomic E-state index is -0.929. The fourth-order valence-electron chi connectivity index (χ4n) is 0.798. The van der Waals surface area contributed by atoms with Crippen LogP contribution in [0.25, 0.3) is 0 Å². The van der Waals surface area contributed by atoms with Crippen LogP contribution in [-0.2, 0) is 14.3 Å². The van der Waals surface area contributed by atoms with E-state index in [2.05, 4.69) is 0 Å². The van der Waals surface area contributed by atoms with Crippen molar-refractivity contribution in [2.24, 2.45) is 5.73 Å². The van der Waals surface area contributed by atoms with Gasteiger partial charge >= 0.3 is 5.97 Å². The zero-order chi connectivity index (χ0) is 10.1. The summed E-state index contributed by atoms with van der Waals surface area (Å²) < 4.78 is 10.0. The van der Waals surface area contributed by atoms with Crippen molar-refractivity contribution in [2.45, 2.75) is 19.4 Å². The molecule has 0 amide bonds. The Hall–Kier alpha value is -0.650. The molecule has 0 bridgehead atoms. The van der Waals surface area contributed by atoms with E-state index in [1.54, 1.807) is 6.92 Å². The molecule has 5 heteroatoms. The van der Waals surface area contributed by atoms with Gasteiger partial charge in [0.1, 0.15) is 0 Å². The number of hydrogen-bond donors (Lipinski definition) is 2. The molecule has 1 unspecified atom stereocenters. The van der Waals surface area contributed by atoms with Gasteiger partial charge in [0.15, 0.2) is 6.10 Å². The third kappa shape index (κ3) is 6.51. The van der Waals surface area contributed by atoms with Gasteiger partial charge in [0.25, 0.3) is 0 Å². The van der Waals surface area contributed by atoms with E-state index in [1.807, 2.05) is 0 Å². The molecular formula is C8H17NO4. The predicted molar refractivity (Wildman–Crippen MR) is 47.5 cm³/mol. The first kappa shape index (κ1) is 12.3. The molecule has 0 rings (SSSR count). The maximum atomic E-state index is 10.5. The number of hydrogen-bond acceptors (Lipinski definition) is 4. The third-order valence-electron chi connectivity index (χ3n) is 1.46. The summed E-state index contributed by atoms with van der Waals surface area (Å²) in [7, 11) is 0. The largest absolute Gasteiger partial charge is 0.479 e. The van der Waals surface area contributed by atoms with E-state index >= 15 is 0 Å². The number of nitrogens with two attached hydrogens (primary N) is 1. The molecule has 0 aliphatic heterocycles. The van der Waals surface area contributed by atoms with Gasteiger partial charge in [0, 0.05) is 6.54 Å². The average Bonchev–Trinajstić information content (AvgIpc) is 2.10. The minimum absolute atomic E-state index is 0.296. The first-order valence-corrected chi connectivity index (χ1v) is 4.34. The molecule has 78 valence electrons. The highest BCUT2D eigenvalue weighted by Crippen LogP contribution is 1.97. The van der Waals surface area contributed by atoms with Crippen LogP contribution in [-0.4, -0.2) is 43.5 Å². The van der Waals surface area contributed by atoms with E-state index in [9.17, 15) is 4.79 Å². The molecule has 0 aromatic rings. The molecule has 3 N–H and O–H groups in total. The summed E-state index contributed by atoms with van der Waals surface area (Å²) in [5, 5.41) is 8.59. The Morgan fingerprint density at radius 2 is 2.15 bits per heavy atom. The van der Waals surface area contributed by atoms with E-state index in [1.165, 1.54) is 0 Å². The number of carbonyl (C=O) groups is 1. The third-order valence-corrected chi connectivity index (χ3v) is 1.46. The lowest BCUT2D eigenvalue weighted by molar-refractivity contribution is -0.151. The van der Waals surface area contributed by atoms with Crippen LogP contribution >= 0.6 is 0 Å². The molecule has 0 heterocycles. The lowest BCUT2D eigenvalue weighted by Gasteiger charge is -2.10. The standard InChI is InChI=1S/C8H17NO4/c1-2-7(8(10)11)13-6-5-12-4-3-9/h7H,2-6,9H2,1H3,(H,10,11). The summed E-state index contributed by atoms with van der Waals surface area (Å²) >= 11 is 0. The molecule has 0 saturated carbocycles. The molecule has 0 radical (unpaired) electrons. The Kier molecular flexibility index (Phi) is 7.57. The molecule has 0 fully saturated rings. The maximum Gasteiger partial charge on any atom is 0.332 e. The van der Waals surface area contributed by atoms with Gasteiger partial charge in [-0.3, -0.25) is 0 Å². The second-order valence-corrected chi connectivity index (χ2v) is 2.51. The second kappa shape index (κ2) is 7.97. The predicted octanol–water partition coefficient (Wildman–Crippen LogP) is -0.158. The molecule has 0 aromatic carbocycles. The number of carboxylic acid groups (broad SMARTS) is 1. The smallest absolute Gasteiger partial charge is 0.332 e. The van der Waals surface area contributed by atoms with Crippen molar-refractivity contribution in [1.82, 2.24) is 0 Å². The molecule has 0 aliphatic carbocycles. The lowest BCUT2D eigenvalue weighted by atomic mass is 10.3. The number of rotatable bonds is 8. The Morgan fingerprint density at radius 1 is 1.46 bits per heavy atom. The maximum absolute atomic E-state index is 10.5. The Bertz CT molecular complexity index is 140. The average molecular weight is 191 g/mol. The van der Waals surface area contributed by atoms with E-state index < -0.39 is 12.1 Å². The normalized spacial score (nSPS) is 12.8. The van der Waals surface area contributed by atoms with Crippen LogP contribution in [0.4, 0.5) is 0 Å². The van der Waals surface area contributed by atoms with Gasteiger partial charge in [0.2, 0.25) is 0 Å². The summed E-state index contributed by atoms with van der Waals surface area (Å²) in [5.41, 5.74) is 5.19. The van der Waals surface area contributed by atoms with Gasteiger partial charge in [-0.1, -0.05) is 6.92 Å². The Balaban J connectivity index is 3.33. The van der Waals surface area contributed by atoms with Crippen molar-refractivity contribution in [3.05, 3.63) is 0 Å². The Morgan fingerprint density at radius 3 is 2.62 bits per heavy atom. The molecule has 13 heavy (non-hydrogen) atoms. The van der Waals surface area contributed by atoms with Crippen molar-refractivity contribution in [1.29, 1.82) is 0 Å². The quantitative estimate of drug-likeness (QED) is 0.521. The summed E-state index contributed by atoms with van der Waals surface area (Å²) in [6.07, 6.45) is -0.256. The lowest BCUT2D eigenvalue weighted by Crippen LogP contribution is -2.25. The monoisotopic (exact) mass is 191 g/mol. The summed E-state index contributed by atoms with van der Waals surface area (Å²) in [6.45, 7) is 3.40. The van der Waals surface area contributed by atoms with Crippen molar-refractivity contribution < 1.29 is 19.4 Å². The van der Waals surface area contributed by atoms with Gasteiger partial charge < -0.3 is 20.3 Å². The van der Waals surface area contributed by atoms with E-state index in [0.29, 0.717) is 32.8 Å². The molecule has 0 aliphatic rings. The van der Waals surface area contributed by atoms with Gasteiger partial charge in [-0.15, -0.1) is 0 Å². The molecular weight excluding hydrogens is 174 g/mol. The molecule has 1 atom stereocenters. The van der Waals surface area contributed by atoms with Crippen LogP contribution in [0.15, 0.2) is 0 Å². The van der Waals surface area contributed by atoms with Crippen LogP contribution in [0, 0.1) is 0 Å².